The van der Waals surface area contributed by atoms with Gasteiger partial charge in [-0.1, -0.05) is 19.1 Å². The van der Waals surface area contributed by atoms with Crippen LogP contribution in [0.25, 0.3) is 0 Å². The van der Waals surface area contributed by atoms with Crippen molar-refractivity contribution in [2.24, 2.45) is 0 Å². The zero-order valence-electron chi connectivity index (χ0n) is 14.2. The first kappa shape index (κ1) is 17.3. The van der Waals surface area contributed by atoms with Crippen molar-refractivity contribution < 1.29 is 9.84 Å². The number of nitrogens with zero attached hydrogens (tertiary/aromatic N) is 2. The van der Waals surface area contributed by atoms with E-state index in [0.717, 1.165) is 38.3 Å². The van der Waals surface area contributed by atoms with E-state index >= 15 is 0 Å². The molecule has 0 radical (unpaired) electrons. The second-order valence-electron chi connectivity index (χ2n) is 6.39. The summed E-state index contributed by atoms with van der Waals surface area (Å²) >= 11 is 0. The quantitative estimate of drug-likeness (QED) is 0.836. The molecule has 1 aliphatic heterocycles. The van der Waals surface area contributed by atoms with Crippen LogP contribution in [0.2, 0.25) is 0 Å². The lowest BCUT2D eigenvalue weighted by molar-refractivity contribution is 0.0400. The van der Waals surface area contributed by atoms with E-state index in [1.807, 2.05) is 12.1 Å². The summed E-state index contributed by atoms with van der Waals surface area (Å²) in [5.74, 6) is 0.834. The molecule has 0 aromatic heterocycles. The fraction of sp³-hybridized carbons (Fsp3) is 0.667. The third kappa shape index (κ3) is 5.27. The Morgan fingerprint density at radius 3 is 2.27 bits per heavy atom. The lowest BCUT2D eigenvalue weighted by Crippen LogP contribution is -2.51. The standard InChI is InChI=1S/C18H30N2O2/c1-4-16-5-7-18(8-6-16)22-14-17(21)13-19-9-11-20(12-10-19)15(2)3/h5-8,15,17,21H,4,9-14H2,1-3H3. The maximum absolute atomic E-state index is 10.2. The molecule has 0 aliphatic carbocycles. The van der Waals surface area contributed by atoms with Gasteiger partial charge in [-0.3, -0.25) is 9.80 Å². The van der Waals surface area contributed by atoms with Gasteiger partial charge in [0.2, 0.25) is 0 Å². The molecule has 0 saturated carbocycles. The van der Waals surface area contributed by atoms with Crippen LogP contribution in [-0.4, -0.2) is 66.4 Å². The minimum atomic E-state index is -0.434. The fourth-order valence-corrected chi connectivity index (χ4v) is 2.83. The van der Waals surface area contributed by atoms with Crippen molar-refractivity contribution in [1.29, 1.82) is 0 Å². The molecule has 22 heavy (non-hydrogen) atoms. The smallest absolute Gasteiger partial charge is 0.119 e. The van der Waals surface area contributed by atoms with Crippen LogP contribution in [0.15, 0.2) is 24.3 Å². The minimum Gasteiger partial charge on any atom is -0.491 e. The van der Waals surface area contributed by atoms with Crippen molar-refractivity contribution in [3.8, 4) is 5.75 Å². The summed E-state index contributed by atoms with van der Waals surface area (Å²) in [4.78, 5) is 4.81. The predicted octanol–water partition coefficient (Wildman–Crippen LogP) is 2.01. The van der Waals surface area contributed by atoms with Crippen LogP contribution < -0.4 is 4.74 Å². The summed E-state index contributed by atoms with van der Waals surface area (Å²) in [5, 5.41) is 10.2. The highest BCUT2D eigenvalue weighted by atomic mass is 16.5. The second-order valence-corrected chi connectivity index (χ2v) is 6.39. The Kier molecular flexibility index (Phi) is 6.68. The van der Waals surface area contributed by atoms with Crippen molar-refractivity contribution in [2.45, 2.75) is 39.3 Å². The molecule has 1 N–H and O–H groups in total. The van der Waals surface area contributed by atoms with Crippen LogP contribution in [0.1, 0.15) is 26.3 Å². The van der Waals surface area contributed by atoms with Crippen LogP contribution in [0, 0.1) is 0 Å². The van der Waals surface area contributed by atoms with E-state index in [9.17, 15) is 5.11 Å². The molecule has 1 atom stereocenters. The Balaban J connectivity index is 1.68. The molecule has 0 spiro atoms. The van der Waals surface area contributed by atoms with E-state index in [2.05, 4.69) is 42.7 Å². The van der Waals surface area contributed by atoms with E-state index in [1.165, 1.54) is 5.56 Å². The normalized spacial score (nSPS) is 18.6. The van der Waals surface area contributed by atoms with Gasteiger partial charge in [0.25, 0.3) is 0 Å². The second kappa shape index (κ2) is 8.51. The maximum atomic E-state index is 10.2. The Hall–Kier alpha value is -1.10. The molecule has 2 rings (SSSR count). The summed E-state index contributed by atoms with van der Waals surface area (Å²) in [6.07, 6.45) is 0.599. The summed E-state index contributed by atoms with van der Waals surface area (Å²) in [6.45, 7) is 11.9. The lowest BCUT2D eigenvalue weighted by Gasteiger charge is -2.37. The molecule has 4 heteroatoms. The highest BCUT2D eigenvalue weighted by Crippen LogP contribution is 2.13. The van der Waals surface area contributed by atoms with Gasteiger partial charge in [0.1, 0.15) is 18.5 Å². The van der Waals surface area contributed by atoms with Crippen LogP contribution in [0.5, 0.6) is 5.75 Å². The number of rotatable bonds is 7. The van der Waals surface area contributed by atoms with E-state index in [0.29, 0.717) is 19.2 Å². The van der Waals surface area contributed by atoms with Crippen LogP contribution in [-0.2, 0) is 6.42 Å². The third-order valence-electron chi connectivity index (χ3n) is 4.38. The number of aliphatic hydroxyl groups is 1. The van der Waals surface area contributed by atoms with Gasteiger partial charge < -0.3 is 9.84 Å². The number of aryl methyl sites for hydroxylation is 1. The molecule has 4 nitrogen and oxygen atoms in total. The average molecular weight is 306 g/mol. The van der Waals surface area contributed by atoms with Gasteiger partial charge in [-0.2, -0.15) is 0 Å². The number of ether oxygens (including phenoxy) is 1. The summed E-state index contributed by atoms with van der Waals surface area (Å²) < 4.78 is 5.68. The van der Waals surface area contributed by atoms with Crippen molar-refractivity contribution in [3.63, 3.8) is 0 Å². The number of benzene rings is 1. The molecular formula is C18H30N2O2. The van der Waals surface area contributed by atoms with Crippen LogP contribution in [0.4, 0.5) is 0 Å². The number of hydrogen-bond donors (Lipinski definition) is 1. The van der Waals surface area contributed by atoms with Crippen molar-refractivity contribution in [3.05, 3.63) is 29.8 Å². The first-order valence-electron chi connectivity index (χ1n) is 8.44. The van der Waals surface area contributed by atoms with Gasteiger partial charge in [0, 0.05) is 38.8 Å². The topological polar surface area (TPSA) is 35.9 Å². The van der Waals surface area contributed by atoms with Crippen LogP contribution >= 0.6 is 0 Å². The Bertz CT molecular complexity index is 425. The molecule has 1 aliphatic rings. The lowest BCUT2D eigenvalue weighted by atomic mass is 10.2. The van der Waals surface area contributed by atoms with Gasteiger partial charge in [0.05, 0.1) is 0 Å². The molecule has 1 saturated heterocycles. The van der Waals surface area contributed by atoms with E-state index in [-0.39, 0.29) is 0 Å². The first-order chi connectivity index (χ1) is 10.6. The van der Waals surface area contributed by atoms with Gasteiger partial charge >= 0.3 is 0 Å². The van der Waals surface area contributed by atoms with Crippen molar-refractivity contribution in [1.82, 2.24) is 9.80 Å². The Labute approximate surface area is 134 Å². The van der Waals surface area contributed by atoms with E-state index in [4.69, 9.17) is 4.74 Å². The SMILES string of the molecule is CCc1ccc(OCC(O)CN2CCN(C(C)C)CC2)cc1. The van der Waals surface area contributed by atoms with Gasteiger partial charge in [-0.05, 0) is 38.0 Å². The van der Waals surface area contributed by atoms with Gasteiger partial charge in [0.15, 0.2) is 0 Å². The maximum Gasteiger partial charge on any atom is 0.119 e. The number of piperazine rings is 1. The van der Waals surface area contributed by atoms with Gasteiger partial charge in [-0.25, -0.2) is 0 Å². The van der Waals surface area contributed by atoms with Crippen molar-refractivity contribution in [2.75, 3.05) is 39.3 Å². The molecule has 124 valence electrons. The molecule has 1 heterocycles. The zero-order chi connectivity index (χ0) is 15.9. The molecule has 0 amide bonds. The largest absolute Gasteiger partial charge is 0.491 e. The molecule has 1 unspecified atom stereocenters. The molecule has 1 aromatic carbocycles. The van der Waals surface area contributed by atoms with E-state index in [1.54, 1.807) is 0 Å². The third-order valence-corrected chi connectivity index (χ3v) is 4.38. The minimum absolute atomic E-state index is 0.357. The zero-order valence-corrected chi connectivity index (χ0v) is 14.2. The van der Waals surface area contributed by atoms with Crippen LogP contribution in [0.3, 0.4) is 0 Å². The monoisotopic (exact) mass is 306 g/mol. The summed E-state index contributed by atoms with van der Waals surface area (Å²) in [7, 11) is 0. The fourth-order valence-electron chi connectivity index (χ4n) is 2.83. The summed E-state index contributed by atoms with van der Waals surface area (Å²) in [6, 6.07) is 8.72. The van der Waals surface area contributed by atoms with E-state index < -0.39 is 6.10 Å². The van der Waals surface area contributed by atoms with Gasteiger partial charge in [-0.15, -0.1) is 0 Å². The predicted molar refractivity (Wildman–Crippen MR) is 90.5 cm³/mol. The molecule has 1 fully saturated rings. The highest BCUT2D eigenvalue weighted by molar-refractivity contribution is 5.27. The molecule has 1 aromatic rings. The highest BCUT2D eigenvalue weighted by Gasteiger charge is 2.20. The first-order valence-corrected chi connectivity index (χ1v) is 8.44. The number of hydrogen-bond acceptors (Lipinski definition) is 4. The molecular weight excluding hydrogens is 276 g/mol. The Morgan fingerprint density at radius 2 is 1.73 bits per heavy atom. The summed E-state index contributed by atoms with van der Waals surface area (Å²) in [5.41, 5.74) is 1.30. The number of aliphatic hydroxyl groups excluding tert-OH is 1. The number of β-amino-alcohol motifs (C(OH)–C–C–N with tert-alkyl or cyclic N) is 1. The Morgan fingerprint density at radius 1 is 1.09 bits per heavy atom. The van der Waals surface area contributed by atoms with Crippen molar-refractivity contribution >= 4 is 0 Å². The molecule has 0 bridgehead atoms. The average Bonchev–Trinajstić information content (AvgIpc) is 2.54.